The van der Waals surface area contributed by atoms with Crippen molar-refractivity contribution in [1.82, 2.24) is 9.88 Å². The number of nitrogen functional groups attached to an aromatic ring is 1. The molecule has 112 valence electrons. The van der Waals surface area contributed by atoms with Gasteiger partial charge in [0.15, 0.2) is 0 Å². The van der Waals surface area contributed by atoms with Gasteiger partial charge in [-0.1, -0.05) is 39.0 Å². The van der Waals surface area contributed by atoms with E-state index in [0.717, 1.165) is 47.8 Å². The number of rotatable bonds is 2. The summed E-state index contributed by atoms with van der Waals surface area (Å²) in [5.41, 5.74) is 9.48. The minimum absolute atomic E-state index is 0.393. The maximum absolute atomic E-state index is 6.17. The lowest BCUT2D eigenvalue weighted by Gasteiger charge is -2.27. The van der Waals surface area contributed by atoms with Gasteiger partial charge in [0.2, 0.25) is 0 Å². The zero-order valence-corrected chi connectivity index (χ0v) is 13.3. The Hall–Kier alpha value is -1.61. The van der Waals surface area contributed by atoms with Crippen LogP contribution in [0.1, 0.15) is 32.9 Å². The van der Waals surface area contributed by atoms with Gasteiger partial charge < -0.3 is 5.73 Å². The Morgan fingerprint density at radius 2 is 2.05 bits per heavy atom. The molecule has 0 amide bonds. The van der Waals surface area contributed by atoms with E-state index >= 15 is 0 Å². The summed E-state index contributed by atoms with van der Waals surface area (Å²) in [6.45, 7) is 10.3. The molecule has 1 unspecified atom stereocenters. The summed E-state index contributed by atoms with van der Waals surface area (Å²) in [5, 5.41) is 1.05. The molecule has 3 heteroatoms. The van der Waals surface area contributed by atoms with Gasteiger partial charge in [-0.3, -0.25) is 9.88 Å². The molecule has 0 saturated carbocycles. The second kappa shape index (κ2) is 5.30. The van der Waals surface area contributed by atoms with Crippen molar-refractivity contribution >= 4 is 16.6 Å². The first-order chi connectivity index (χ1) is 9.93. The molecular weight excluding hydrogens is 258 g/mol. The van der Waals surface area contributed by atoms with E-state index in [1.54, 1.807) is 0 Å². The third kappa shape index (κ3) is 3.03. The molecule has 1 aliphatic heterocycles. The molecule has 2 N–H and O–H groups in total. The SMILES string of the molecule is CC(C)(C)C1CCN(Cc2cc(N)c3ccccc3n2)C1. The fourth-order valence-electron chi connectivity index (χ4n) is 3.25. The van der Waals surface area contributed by atoms with Crippen LogP contribution >= 0.6 is 0 Å². The number of fused-ring (bicyclic) bond motifs is 1. The number of hydrogen-bond donors (Lipinski definition) is 1. The monoisotopic (exact) mass is 283 g/mol. The van der Waals surface area contributed by atoms with E-state index in [4.69, 9.17) is 10.7 Å². The third-order valence-electron chi connectivity index (χ3n) is 4.68. The predicted molar refractivity (Wildman–Crippen MR) is 89.0 cm³/mol. The molecule has 2 aromatic rings. The first-order valence-electron chi connectivity index (χ1n) is 7.80. The molecule has 1 fully saturated rings. The Bertz CT molecular complexity index is 642. The molecule has 1 aliphatic rings. The molecule has 2 heterocycles. The van der Waals surface area contributed by atoms with Crippen molar-refractivity contribution in [3.8, 4) is 0 Å². The highest BCUT2D eigenvalue weighted by atomic mass is 15.2. The Morgan fingerprint density at radius 3 is 2.76 bits per heavy atom. The number of benzene rings is 1. The van der Waals surface area contributed by atoms with Gasteiger partial charge in [-0.25, -0.2) is 0 Å². The molecule has 3 nitrogen and oxygen atoms in total. The van der Waals surface area contributed by atoms with Gasteiger partial charge in [0.1, 0.15) is 0 Å². The lowest BCUT2D eigenvalue weighted by molar-refractivity contribution is 0.225. The van der Waals surface area contributed by atoms with E-state index in [2.05, 4.69) is 25.7 Å². The molecule has 0 radical (unpaired) electrons. The molecule has 1 aromatic heterocycles. The van der Waals surface area contributed by atoms with Crippen molar-refractivity contribution in [1.29, 1.82) is 0 Å². The lowest BCUT2D eigenvalue weighted by atomic mass is 9.80. The molecule has 21 heavy (non-hydrogen) atoms. The lowest BCUT2D eigenvalue weighted by Crippen LogP contribution is -2.26. The summed E-state index contributed by atoms with van der Waals surface area (Å²) in [5.74, 6) is 0.773. The van der Waals surface area contributed by atoms with Gasteiger partial charge in [-0.15, -0.1) is 0 Å². The maximum atomic E-state index is 6.17. The van der Waals surface area contributed by atoms with Gasteiger partial charge in [-0.2, -0.15) is 0 Å². The van der Waals surface area contributed by atoms with Crippen LogP contribution in [0.2, 0.25) is 0 Å². The maximum Gasteiger partial charge on any atom is 0.0726 e. The predicted octanol–water partition coefficient (Wildman–Crippen LogP) is 3.69. The topological polar surface area (TPSA) is 42.1 Å². The molecule has 3 rings (SSSR count). The van der Waals surface area contributed by atoms with Gasteiger partial charge in [0.25, 0.3) is 0 Å². The molecule has 1 aromatic carbocycles. The third-order valence-corrected chi connectivity index (χ3v) is 4.68. The normalized spacial score (nSPS) is 20.2. The van der Waals surface area contributed by atoms with Crippen molar-refractivity contribution in [2.24, 2.45) is 11.3 Å². The van der Waals surface area contributed by atoms with E-state index in [1.807, 2.05) is 30.3 Å². The second-order valence-electron chi connectivity index (χ2n) is 7.31. The van der Waals surface area contributed by atoms with Crippen LogP contribution in [0, 0.1) is 11.3 Å². The number of anilines is 1. The van der Waals surface area contributed by atoms with E-state index in [-0.39, 0.29) is 0 Å². The molecule has 1 atom stereocenters. The quantitative estimate of drug-likeness (QED) is 0.914. The summed E-state index contributed by atoms with van der Waals surface area (Å²) in [6, 6.07) is 10.1. The fraction of sp³-hybridized carbons (Fsp3) is 0.500. The Balaban J connectivity index is 1.77. The van der Waals surface area contributed by atoms with Gasteiger partial charge in [-0.05, 0) is 36.4 Å². The van der Waals surface area contributed by atoms with E-state index in [0.29, 0.717) is 5.41 Å². The Labute approximate surface area is 127 Å². The van der Waals surface area contributed by atoms with Crippen LogP contribution in [0.15, 0.2) is 30.3 Å². The molecular formula is C18H25N3. The largest absolute Gasteiger partial charge is 0.398 e. The highest BCUT2D eigenvalue weighted by molar-refractivity contribution is 5.90. The second-order valence-corrected chi connectivity index (χ2v) is 7.31. The minimum atomic E-state index is 0.393. The van der Waals surface area contributed by atoms with E-state index < -0.39 is 0 Å². The van der Waals surface area contributed by atoms with Gasteiger partial charge >= 0.3 is 0 Å². The van der Waals surface area contributed by atoms with Crippen LogP contribution in [-0.2, 0) is 6.54 Å². The number of hydrogen-bond acceptors (Lipinski definition) is 3. The number of aromatic nitrogens is 1. The first-order valence-corrected chi connectivity index (χ1v) is 7.80. The van der Waals surface area contributed by atoms with Gasteiger partial charge in [0, 0.05) is 24.2 Å². The summed E-state index contributed by atoms with van der Waals surface area (Å²) < 4.78 is 0. The number of likely N-dealkylation sites (tertiary alicyclic amines) is 1. The highest BCUT2D eigenvalue weighted by Crippen LogP contribution is 2.34. The Morgan fingerprint density at radius 1 is 1.29 bits per heavy atom. The highest BCUT2D eigenvalue weighted by Gasteiger charge is 2.31. The molecule has 0 spiro atoms. The Kier molecular flexibility index (Phi) is 3.62. The number of nitrogens with two attached hydrogens (primary N) is 1. The summed E-state index contributed by atoms with van der Waals surface area (Å²) in [6.07, 6.45) is 1.28. The zero-order valence-electron chi connectivity index (χ0n) is 13.3. The van der Waals surface area contributed by atoms with Crippen LogP contribution in [0.3, 0.4) is 0 Å². The van der Waals surface area contributed by atoms with Crippen LogP contribution in [0.5, 0.6) is 0 Å². The first kappa shape index (κ1) is 14.3. The van der Waals surface area contributed by atoms with Crippen molar-refractivity contribution < 1.29 is 0 Å². The standard InChI is InChI=1S/C18H25N3/c1-18(2,3)13-8-9-21(11-13)12-14-10-16(19)15-6-4-5-7-17(15)20-14/h4-7,10,13H,8-9,11-12H2,1-3H3,(H2,19,20). The van der Waals surface area contributed by atoms with Gasteiger partial charge in [0.05, 0.1) is 11.2 Å². The average molecular weight is 283 g/mol. The van der Waals surface area contributed by atoms with Crippen LogP contribution in [-0.4, -0.2) is 23.0 Å². The molecule has 1 saturated heterocycles. The van der Waals surface area contributed by atoms with E-state index in [9.17, 15) is 0 Å². The fourth-order valence-corrected chi connectivity index (χ4v) is 3.25. The van der Waals surface area contributed by atoms with Crippen LogP contribution in [0.25, 0.3) is 10.9 Å². The molecule has 0 bridgehead atoms. The average Bonchev–Trinajstić information content (AvgIpc) is 2.87. The number of nitrogens with zero attached hydrogens (tertiary/aromatic N) is 2. The minimum Gasteiger partial charge on any atom is -0.398 e. The number of para-hydroxylation sites is 1. The van der Waals surface area contributed by atoms with E-state index in [1.165, 1.54) is 6.42 Å². The molecule has 0 aliphatic carbocycles. The summed E-state index contributed by atoms with van der Waals surface area (Å²) >= 11 is 0. The zero-order chi connectivity index (χ0) is 15.0. The summed E-state index contributed by atoms with van der Waals surface area (Å²) in [4.78, 5) is 7.27. The van der Waals surface area contributed by atoms with Crippen molar-refractivity contribution in [2.45, 2.75) is 33.7 Å². The summed E-state index contributed by atoms with van der Waals surface area (Å²) in [7, 11) is 0. The smallest absolute Gasteiger partial charge is 0.0726 e. The van der Waals surface area contributed by atoms with Crippen molar-refractivity contribution in [3.63, 3.8) is 0 Å². The van der Waals surface area contributed by atoms with Crippen LogP contribution < -0.4 is 5.73 Å². The van der Waals surface area contributed by atoms with Crippen molar-refractivity contribution in [3.05, 3.63) is 36.0 Å². The van der Waals surface area contributed by atoms with Crippen molar-refractivity contribution in [2.75, 3.05) is 18.8 Å². The number of pyridine rings is 1. The van der Waals surface area contributed by atoms with Crippen LogP contribution in [0.4, 0.5) is 5.69 Å².